The molecule has 0 amide bonds. The molecule has 1 aromatic carbocycles. The molecule has 2 aromatic rings. The van der Waals surface area contributed by atoms with Crippen LogP contribution in [0.1, 0.15) is 47.1 Å². The van der Waals surface area contributed by atoms with Gasteiger partial charge in [0.2, 0.25) is 0 Å². The number of nitrogens with zero attached hydrogens (tertiary/aromatic N) is 2. The highest BCUT2D eigenvalue weighted by Gasteiger charge is 2.51. The molecule has 1 aliphatic rings. The van der Waals surface area contributed by atoms with E-state index < -0.39 is 7.12 Å². The molecule has 5 heteroatoms. The van der Waals surface area contributed by atoms with E-state index >= 15 is 0 Å². The lowest BCUT2D eigenvalue weighted by Gasteiger charge is -2.33. The van der Waals surface area contributed by atoms with Gasteiger partial charge >= 0.3 is 7.12 Å². The highest BCUT2D eigenvalue weighted by molar-refractivity contribution is 6.62. The average Bonchev–Trinajstić information content (AvgIpc) is 2.83. The van der Waals surface area contributed by atoms with Crippen LogP contribution in [0, 0.1) is 0 Å². The summed E-state index contributed by atoms with van der Waals surface area (Å²) in [6.45, 7) is 12.7. The molecule has 1 fully saturated rings. The molecule has 0 radical (unpaired) electrons. The van der Waals surface area contributed by atoms with Crippen molar-refractivity contribution in [2.24, 2.45) is 0 Å². The number of hydrogen-bond donors (Lipinski definition) is 0. The van der Waals surface area contributed by atoms with Crippen LogP contribution in [0.25, 0.3) is 11.1 Å². The van der Waals surface area contributed by atoms with Crippen molar-refractivity contribution in [3.63, 3.8) is 0 Å². The maximum Gasteiger partial charge on any atom is 0.496 e. The van der Waals surface area contributed by atoms with Crippen LogP contribution in [0.4, 0.5) is 0 Å². The quantitative estimate of drug-likeness (QED) is 0.770. The molecule has 0 N–H and O–H groups in total. The van der Waals surface area contributed by atoms with Gasteiger partial charge in [0, 0.05) is 23.4 Å². The monoisotopic (exact) mass is 366 g/mol. The van der Waals surface area contributed by atoms with Gasteiger partial charge in [0.1, 0.15) is 0 Å². The number of aromatic nitrogens is 1. The predicted octanol–water partition coefficient (Wildman–Crippen LogP) is 3.84. The van der Waals surface area contributed by atoms with Gasteiger partial charge in [-0.2, -0.15) is 0 Å². The second-order valence-corrected chi connectivity index (χ2v) is 9.13. The third kappa shape index (κ3) is 3.69. The molecule has 2 heterocycles. The molecule has 144 valence electrons. The van der Waals surface area contributed by atoms with Crippen molar-refractivity contribution in [1.29, 1.82) is 0 Å². The summed E-state index contributed by atoms with van der Waals surface area (Å²) < 4.78 is 12.3. The minimum atomic E-state index is -0.394. The van der Waals surface area contributed by atoms with Crippen LogP contribution in [0.3, 0.4) is 0 Å². The fourth-order valence-electron chi connectivity index (χ4n) is 3.05. The van der Waals surface area contributed by atoms with Crippen molar-refractivity contribution in [1.82, 2.24) is 9.88 Å². The van der Waals surface area contributed by atoms with Gasteiger partial charge in [-0.15, -0.1) is 0 Å². The Hall–Kier alpha value is -1.69. The van der Waals surface area contributed by atoms with Gasteiger partial charge < -0.3 is 14.2 Å². The van der Waals surface area contributed by atoms with E-state index in [0.29, 0.717) is 0 Å². The van der Waals surface area contributed by atoms with Crippen molar-refractivity contribution in [2.45, 2.75) is 58.3 Å². The minimum Gasteiger partial charge on any atom is -0.399 e. The van der Waals surface area contributed by atoms with E-state index in [0.717, 1.165) is 16.6 Å². The Kier molecular flexibility index (Phi) is 5.00. The molecule has 1 aromatic heterocycles. The van der Waals surface area contributed by atoms with Gasteiger partial charge in [0.05, 0.1) is 11.2 Å². The number of pyridine rings is 1. The van der Waals surface area contributed by atoms with Gasteiger partial charge in [-0.25, -0.2) is 0 Å². The lowest BCUT2D eigenvalue weighted by molar-refractivity contribution is 0.00578. The first-order valence-electron chi connectivity index (χ1n) is 9.53. The standard InChI is InChI=1S/C22H31BN2O2/c1-20(2,25(7)8)18-11-9-16(10-12-18)17-13-19(15-24-14-17)23-26-21(3,4)22(5,6)27-23/h9-15H,1-8H3. The predicted molar refractivity (Wildman–Crippen MR) is 112 cm³/mol. The maximum atomic E-state index is 6.16. The van der Waals surface area contributed by atoms with E-state index in [1.807, 2.05) is 12.4 Å². The Morgan fingerprint density at radius 3 is 1.96 bits per heavy atom. The molecule has 0 atom stereocenters. The lowest BCUT2D eigenvalue weighted by atomic mass is 9.79. The Morgan fingerprint density at radius 2 is 1.44 bits per heavy atom. The molecule has 1 aliphatic heterocycles. The van der Waals surface area contributed by atoms with Gasteiger partial charge in [-0.05, 0) is 72.3 Å². The Labute approximate surface area is 164 Å². The molecular formula is C22H31BN2O2. The van der Waals surface area contributed by atoms with Crippen molar-refractivity contribution in [3.8, 4) is 11.1 Å². The molecule has 0 aliphatic carbocycles. The molecule has 3 rings (SSSR count). The van der Waals surface area contributed by atoms with Crippen LogP contribution >= 0.6 is 0 Å². The van der Waals surface area contributed by atoms with Crippen molar-refractivity contribution in [3.05, 3.63) is 48.3 Å². The highest BCUT2D eigenvalue weighted by atomic mass is 16.7. The third-order valence-electron chi connectivity index (χ3n) is 6.33. The third-order valence-corrected chi connectivity index (χ3v) is 6.33. The normalized spacial score (nSPS) is 18.9. The fourth-order valence-corrected chi connectivity index (χ4v) is 3.05. The second kappa shape index (κ2) is 6.73. The molecule has 1 saturated heterocycles. The van der Waals surface area contributed by atoms with Crippen molar-refractivity contribution < 1.29 is 9.31 Å². The van der Waals surface area contributed by atoms with Crippen LogP contribution in [0.15, 0.2) is 42.7 Å². The Balaban J connectivity index is 1.87. The van der Waals surface area contributed by atoms with E-state index in [4.69, 9.17) is 9.31 Å². The highest BCUT2D eigenvalue weighted by Crippen LogP contribution is 2.36. The zero-order valence-corrected chi connectivity index (χ0v) is 17.8. The molecule has 0 spiro atoms. The number of benzene rings is 1. The fraction of sp³-hybridized carbons (Fsp3) is 0.500. The first-order valence-corrected chi connectivity index (χ1v) is 9.53. The van der Waals surface area contributed by atoms with E-state index in [1.54, 1.807) is 0 Å². The first kappa shape index (κ1) is 20.1. The van der Waals surface area contributed by atoms with Gasteiger partial charge in [0.25, 0.3) is 0 Å². The zero-order chi connectivity index (χ0) is 20.0. The smallest absolute Gasteiger partial charge is 0.399 e. The van der Waals surface area contributed by atoms with Gasteiger partial charge in [-0.3, -0.25) is 4.98 Å². The van der Waals surface area contributed by atoms with Crippen LogP contribution in [0.2, 0.25) is 0 Å². The van der Waals surface area contributed by atoms with Crippen molar-refractivity contribution in [2.75, 3.05) is 14.1 Å². The summed E-state index contributed by atoms with van der Waals surface area (Å²) in [6.07, 6.45) is 3.72. The summed E-state index contributed by atoms with van der Waals surface area (Å²) in [4.78, 5) is 6.66. The summed E-state index contributed by atoms with van der Waals surface area (Å²) in [6, 6.07) is 10.8. The lowest BCUT2D eigenvalue weighted by Crippen LogP contribution is -2.41. The van der Waals surface area contributed by atoms with Crippen LogP contribution in [-0.2, 0) is 14.8 Å². The average molecular weight is 366 g/mol. The first-order chi connectivity index (χ1) is 12.4. The molecule has 0 saturated carbocycles. The molecule has 27 heavy (non-hydrogen) atoms. The largest absolute Gasteiger partial charge is 0.496 e. The van der Waals surface area contributed by atoms with Crippen molar-refractivity contribution >= 4 is 12.6 Å². The zero-order valence-electron chi connectivity index (χ0n) is 17.8. The van der Waals surface area contributed by atoms with Crippen LogP contribution < -0.4 is 5.46 Å². The Morgan fingerprint density at radius 1 is 0.889 bits per heavy atom. The summed E-state index contributed by atoms with van der Waals surface area (Å²) >= 11 is 0. The van der Waals surface area contributed by atoms with E-state index in [-0.39, 0.29) is 16.7 Å². The molecular weight excluding hydrogens is 335 g/mol. The molecule has 0 bridgehead atoms. The van der Waals surface area contributed by atoms with Gasteiger partial charge in [0.15, 0.2) is 0 Å². The molecule has 4 nitrogen and oxygen atoms in total. The summed E-state index contributed by atoms with van der Waals surface area (Å²) in [7, 11) is 3.81. The second-order valence-electron chi connectivity index (χ2n) is 9.13. The maximum absolute atomic E-state index is 6.16. The Bertz CT molecular complexity index is 797. The SMILES string of the molecule is CN(C)C(C)(C)c1ccc(-c2cncc(B3OC(C)(C)C(C)(C)O3)c2)cc1. The van der Waals surface area contributed by atoms with E-state index in [9.17, 15) is 0 Å². The minimum absolute atomic E-state index is 0.0126. The summed E-state index contributed by atoms with van der Waals surface area (Å²) in [5.74, 6) is 0. The van der Waals surface area contributed by atoms with Crippen LogP contribution in [0.5, 0.6) is 0 Å². The number of rotatable bonds is 4. The summed E-state index contributed by atoms with van der Waals surface area (Å²) in [5, 5.41) is 0. The van der Waals surface area contributed by atoms with E-state index in [2.05, 4.69) is 95.9 Å². The summed E-state index contributed by atoms with van der Waals surface area (Å²) in [5.41, 5.74) is 3.72. The van der Waals surface area contributed by atoms with Gasteiger partial charge in [-0.1, -0.05) is 30.3 Å². The molecule has 0 unspecified atom stereocenters. The van der Waals surface area contributed by atoms with E-state index in [1.165, 1.54) is 5.56 Å². The van der Waals surface area contributed by atoms with Crippen LogP contribution in [-0.4, -0.2) is 42.3 Å². The number of hydrogen-bond acceptors (Lipinski definition) is 4. The topological polar surface area (TPSA) is 34.6 Å².